The number of rotatable bonds is 7. The fourth-order valence-electron chi connectivity index (χ4n) is 4.54. The lowest BCUT2D eigenvalue weighted by Crippen LogP contribution is -2.68. The van der Waals surface area contributed by atoms with E-state index in [1.165, 1.54) is 6.92 Å². The van der Waals surface area contributed by atoms with Gasteiger partial charge in [0, 0.05) is 12.1 Å². The maximum absolute atomic E-state index is 11.1. The lowest BCUT2D eigenvalue weighted by molar-refractivity contribution is -0.303. The number of carbonyl (C=O) groups is 1. The van der Waals surface area contributed by atoms with E-state index < -0.39 is 72.9 Å². The normalized spacial score (nSPS) is 45.2. The van der Waals surface area contributed by atoms with E-state index in [1.807, 2.05) is 0 Å². The number of hydrogen-bond donors (Lipinski definition) is 8. The Kier molecular flexibility index (Phi) is 8.73. The first-order valence-electron chi connectivity index (χ1n) is 11.2. The summed E-state index contributed by atoms with van der Waals surface area (Å²) < 4.78 is 27.8. The van der Waals surface area contributed by atoms with Gasteiger partial charge < -0.3 is 67.3 Å². The molecule has 0 bridgehead atoms. The van der Waals surface area contributed by atoms with Gasteiger partial charge in [-0.25, -0.2) is 4.79 Å². The van der Waals surface area contributed by atoms with E-state index in [0.29, 0.717) is 12.2 Å². The summed E-state index contributed by atoms with van der Waals surface area (Å²) in [7, 11) is 1.60. The van der Waals surface area contributed by atoms with Gasteiger partial charge in [0.25, 0.3) is 0 Å². The van der Waals surface area contributed by atoms with Crippen molar-refractivity contribution in [1.82, 2.24) is 5.32 Å². The smallest absolute Gasteiger partial charge is 0.404 e. The van der Waals surface area contributed by atoms with Crippen LogP contribution < -0.4 is 28.3 Å². The molecule has 0 radical (unpaired) electrons. The van der Waals surface area contributed by atoms with Crippen LogP contribution in [0.25, 0.3) is 0 Å². The second kappa shape index (κ2) is 11.0. The van der Waals surface area contributed by atoms with E-state index in [0.717, 1.165) is 0 Å². The molecule has 196 valence electrons. The highest BCUT2D eigenvalue weighted by molar-refractivity contribution is 5.64. The van der Waals surface area contributed by atoms with Crippen LogP contribution in [-0.2, 0) is 23.7 Å². The Labute approximate surface area is 197 Å². The highest BCUT2D eigenvalue weighted by Crippen LogP contribution is 2.31. The van der Waals surface area contributed by atoms with Crippen LogP contribution >= 0.6 is 0 Å². The maximum atomic E-state index is 11.1. The third-order valence-corrected chi connectivity index (χ3v) is 6.38. The molecule has 12 N–H and O–H groups in total. The van der Waals surface area contributed by atoms with Gasteiger partial charge in [-0.2, -0.15) is 0 Å². The number of primary amides is 1. The summed E-state index contributed by atoms with van der Waals surface area (Å²) in [5.41, 5.74) is 22.2. The Balaban J connectivity index is 1.67. The van der Waals surface area contributed by atoms with Gasteiger partial charge in [0.15, 0.2) is 6.29 Å². The molecular formula is C20H37N5O9. The first-order chi connectivity index (χ1) is 15.9. The number of likely N-dealkylation sites (N-methyl/N-ethyl adjacent to an activating group) is 1. The van der Waals surface area contributed by atoms with Gasteiger partial charge in [-0.05, 0) is 32.9 Å². The molecule has 34 heavy (non-hydrogen) atoms. The number of amides is 1. The lowest BCUT2D eigenvalue weighted by Gasteiger charge is -2.48. The first-order valence-corrected chi connectivity index (χ1v) is 11.2. The van der Waals surface area contributed by atoms with Gasteiger partial charge in [0.1, 0.15) is 42.4 Å². The first kappa shape index (κ1) is 27.0. The summed E-state index contributed by atoms with van der Waals surface area (Å²) in [6, 6.07) is -2.66. The van der Waals surface area contributed by atoms with Crippen LogP contribution in [0.4, 0.5) is 4.79 Å². The summed E-state index contributed by atoms with van der Waals surface area (Å²) >= 11 is 0. The molecule has 0 aromatic heterocycles. The van der Waals surface area contributed by atoms with Gasteiger partial charge in [-0.3, -0.25) is 0 Å². The molecule has 1 amide bonds. The van der Waals surface area contributed by atoms with E-state index in [-0.39, 0.29) is 19.6 Å². The minimum Gasteiger partial charge on any atom is -0.464 e. The Bertz CT molecular complexity index is 741. The van der Waals surface area contributed by atoms with Crippen LogP contribution in [0.2, 0.25) is 0 Å². The molecule has 0 aromatic rings. The predicted octanol–water partition coefficient (Wildman–Crippen LogP) is -3.71. The predicted molar refractivity (Wildman–Crippen MR) is 117 cm³/mol. The van der Waals surface area contributed by atoms with Crippen LogP contribution in [0, 0.1) is 0 Å². The van der Waals surface area contributed by atoms with Crippen molar-refractivity contribution in [3.05, 3.63) is 11.8 Å². The molecule has 3 rings (SSSR count). The fourth-order valence-corrected chi connectivity index (χ4v) is 4.54. The minimum atomic E-state index is -1.33. The second-order valence-electron chi connectivity index (χ2n) is 9.21. The number of hydrogen-bond acceptors (Lipinski definition) is 13. The molecule has 0 spiro atoms. The number of aliphatic hydroxyl groups is 3. The standard InChI is InChI=1S/C20H37N5O9/c1-20(29)7-31-18(13(27)16(20)25-2)34-15-11(23)5-10(22)14(12(15)26)33-17-9(21)4-3-8(32-17)6-30-19(24)28/h3,9-18,25-27,29H,4-7,21-23H2,1-2H3,(H2,24,28)/t9-,10+,11-,12+,13-,14-,15+,16-,17-,18-,20+/m1/s1. The average Bonchev–Trinajstić information content (AvgIpc) is 2.75. The molecule has 14 heteroatoms. The molecule has 0 aromatic carbocycles. The molecule has 11 atom stereocenters. The lowest BCUT2D eigenvalue weighted by atomic mass is 9.84. The Morgan fingerprint density at radius 1 is 1.15 bits per heavy atom. The van der Waals surface area contributed by atoms with Crippen molar-refractivity contribution in [2.45, 2.75) is 86.5 Å². The molecule has 2 aliphatic heterocycles. The van der Waals surface area contributed by atoms with Gasteiger partial charge in [-0.1, -0.05) is 0 Å². The molecule has 1 saturated carbocycles. The van der Waals surface area contributed by atoms with Crippen molar-refractivity contribution in [3.63, 3.8) is 0 Å². The summed E-state index contributed by atoms with van der Waals surface area (Å²) in [6.45, 7) is 1.23. The van der Waals surface area contributed by atoms with Crippen LogP contribution in [0.3, 0.4) is 0 Å². The Hall–Kier alpha value is -1.59. The van der Waals surface area contributed by atoms with Crippen molar-refractivity contribution >= 4 is 6.09 Å². The molecule has 1 saturated heterocycles. The van der Waals surface area contributed by atoms with Gasteiger partial charge in [0.05, 0.1) is 18.7 Å². The maximum Gasteiger partial charge on any atom is 0.404 e. The van der Waals surface area contributed by atoms with Crippen LogP contribution in [0.1, 0.15) is 19.8 Å². The molecule has 0 unspecified atom stereocenters. The monoisotopic (exact) mass is 491 g/mol. The topological polar surface area (TPSA) is 240 Å². The zero-order valence-electron chi connectivity index (χ0n) is 19.3. The second-order valence-corrected chi connectivity index (χ2v) is 9.21. The molecule has 2 fully saturated rings. The van der Waals surface area contributed by atoms with Crippen molar-refractivity contribution in [1.29, 1.82) is 0 Å². The minimum absolute atomic E-state index is 0.106. The van der Waals surface area contributed by atoms with Gasteiger partial charge >= 0.3 is 6.09 Å². The zero-order valence-corrected chi connectivity index (χ0v) is 19.3. The quantitative estimate of drug-likeness (QED) is 0.171. The Morgan fingerprint density at radius 2 is 1.76 bits per heavy atom. The summed E-state index contributed by atoms with van der Waals surface area (Å²) in [4.78, 5) is 10.9. The number of nitrogens with one attached hydrogen (secondary N) is 1. The summed E-state index contributed by atoms with van der Waals surface area (Å²) in [6.07, 6.45) is -5.37. The van der Waals surface area contributed by atoms with E-state index in [1.54, 1.807) is 13.1 Å². The molecule has 14 nitrogen and oxygen atoms in total. The third-order valence-electron chi connectivity index (χ3n) is 6.38. The largest absolute Gasteiger partial charge is 0.464 e. The number of ether oxygens (including phenoxy) is 5. The van der Waals surface area contributed by atoms with Gasteiger partial charge in [-0.15, -0.1) is 0 Å². The number of carbonyl (C=O) groups excluding carboxylic acids is 1. The van der Waals surface area contributed by atoms with E-state index in [9.17, 15) is 20.1 Å². The van der Waals surface area contributed by atoms with E-state index in [4.69, 9.17) is 46.6 Å². The number of aliphatic hydroxyl groups excluding tert-OH is 2. The van der Waals surface area contributed by atoms with E-state index in [2.05, 4.69) is 5.32 Å². The van der Waals surface area contributed by atoms with E-state index >= 15 is 0 Å². The van der Waals surface area contributed by atoms with Crippen molar-refractivity contribution in [2.24, 2.45) is 22.9 Å². The Morgan fingerprint density at radius 3 is 2.35 bits per heavy atom. The van der Waals surface area contributed by atoms with Crippen LogP contribution in [0.5, 0.6) is 0 Å². The molecule has 1 aliphatic carbocycles. The zero-order chi connectivity index (χ0) is 25.2. The molecular weight excluding hydrogens is 454 g/mol. The van der Waals surface area contributed by atoms with Crippen molar-refractivity contribution < 1.29 is 43.8 Å². The fraction of sp³-hybridized carbons (Fsp3) is 0.850. The van der Waals surface area contributed by atoms with Gasteiger partial charge in [0.2, 0.25) is 6.29 Å². The highest BCUT2D eigenvalue weighted by atomic mass is 16.7. The molecule has 2 heterocycles. The summed E-state index contributed by atoms with van der Waals surface area (Å²) in [5.74, 6) is 0.303. The molecule has 3 aliphatic rings. The SMILES string of the molecule is CN[C@@H]1[C@@H](O)[C@@H](O[C@@H]2[C@@H](O)[C@H](O[C@H]3OC(COC(N)=O)=CC[C@H]3N)[C@@H](N)C[C@H]2N)OC[C@]1(C)O. The average molecular weight is 492 g/mol. The highest BCUT2D eigenvalue weighted by Gasteiger charge is 2.50. The van der Waals surface area contributed by atoms with Crippen molar-refractivity contribution in [2.75, 3.05) is 20.3 Å². The summed E-state index contributed by atoms with van der Waals surface area (Å²) in [5, 5.41) is 35.0. The third kappa shape index (κ3) is 5.96. The number of nitrogens with two attached hydrogens (primary N) is 4. The van der Waals surface area contributed by atoms with Crippen LogP contribution in [-0.4, -0.2) is 108 Å². The van der Waals surface area contributed by atoms with Crippen molar-refractivity contribution in [3.8, 4) is 0 Å². The van der Waals surface area contributed by atoms with Crippen LogP contribution in [0.15, 0.2) is 11.8 Å².